The van der Waals surface area contributed by atoms with E-state index in [1.165, 1.54) is 4.57 Å². The largest absolute Gasteiger partial charge is 0.481 e. The molecule has 1 aliphatic rings. The van der Waals surface area contributed by atoms with E-state index < -0.39 is 5.97 Å². The summed E-state index contributed by atoms with van der Waals surface area (Å²) in [6.07, 6.45) is -0.0804. The number of rotatable bonds is 6. The topological polar surface area (TPSA) is 100 Å². The third-order valence-electron chi connectivity index (χ3n) is 3.10. The second-order valence-electron chi connectivity index (χ2n) is 4.49. The summed E-state index contributed by atoms with van der Waals surface area (Å²) in [6.45, 7) is 5.71. The van der Waals surface area contributed by atoms with Gasteiger partial charge >= 0.3 is 11.7 Å². The highest BCUT2D eigenvalue weighted by atomic mass is 32.2. The van der Waals surface area contributed by atoms with Crippen molar-refractivity contribution in [3.8, 4) is 0 Å². The summed E-state index contributed by atoms with van der Waals surface area (Å²) in [5, 5.41) is 15.3. The number of H-pyrrole nitrogens is 1. The molecule has 9 heteroatoms. The number of carboxylic acids is 1. The number of hydrogen-bond acceptors (Lipinski definition) is 6. The van der Waals surface area contributed by atoms with Gasteiger partial charge in [-0.1, -0.05) is 18.7 Å². The molecule has 112 valence electrons. The third-order valence-corrected chi connectivity index (χ3v) is 4.07. The van der Waals surface area contributed by atoms with Crippen LogP contribution < -0.4 is 5.69 Å². The highest BCUT2D eigenvalue weighted by Crippen LogP contribution is 2.14. The van der Waals surface area contributed by atoms with Gasteiger partial charge in [0.2, 0.25) is 0 Å². The summed E-state index contributed by atoms with van der Waals surface area (Å²) in [7, 11) is 0. The van der Waals surface area contributed by atoms with E-state index in [0.29, 0.717) is 18.3 Å². The molecule has 2 rings (SSSR count). The Balaban J connectivity index is 2.02. The van der Waals surface area contributed by atoms with Gasteiger partial charge in [-0.05, 0) is 6.54 Å². The molecule has 0 saturated carbocycles. The molecule has 1 aromatic rings. The zero-order chi connectivity index (χ0) is 14.5. The molecule has 8 nitrogen and oxygen atoms in total. The molecule has 0 spiro atoms. The number of carboxylic acid groups (broad SMARTS) is 1. The summed E-state index contributed by atoms with van der Waals surface area (Å²) in [5.41, 5.74) is -0.338. The first-order chi connectivity index (χ1) is 9.60. The maximum atomic E-state index is 11.7. The van der Waals surface area contributed by atoms with Crippen LogP contribution in [0.2, 0.25) is 0 Å². The van der Waals surface area contributed by atoms with Gasteiger partial charge in [-0.15, -0.1) is 5.10 Å². The first-order valence-electron chi connectivity index (χ1n) is 6.44. The molecule has 0 aromatic carbocycles. The van der Waals surface area contributed by atoms with Crippen molar-refractivity contribution in [2.75, 3.05) is 32.0 Å². The number of ether oxygens (including phenoxy) is 1. The zero-order valence-corrected chi connectivity index (χ0v) is 12.1. The molecular weight excluding hydrogens is 284 g/mol. The second-order valence-corrected chi connectivity index (χ2v) is 5.43. The molecule has 0 bridgehead atoms. The smallest absolute Gasteiger partial charge is 0.344 e. The molecule has 2 N–H and O–H groups in total. The molecule has 1 fully saturated rings. The Hall–Kier alpha value is -1.32. The third kappa shape index (κ3) is 3.84. The Morgan fingerprint density at radius 1 is 1.65 bits per heavy atom. The standard InChI is InChI=1S/C11H18N4O4S/c1-2-14-3-4-19-8(5-14)6-15-10(18)12-13-11(15)20-7-9(16)17/h8H,2-7H2,1H3,(H,12,18)(H,16,17). The number of hydrogen-bond donors (Lipinski definition) is 2. The minimum atomic E-state index is -0.942. The molecule has 0 amide bonds. The van der Waals surface area contributed by atoms with Gasteiger partial charge in [0.05, 0.1) is 25.0 Å². The lowest BCUT2D eigenvalue weighted by Crippen LogP contribution is -2.44. The van der Waals surface area contributed by atoms with Crippen molar-refractivity contribution < 1.29 is 14.6 Å². The Labute approximate surface area is 120 Å². The van der Waals surface area contributed by atoms with Gasteiger partial charge < -0.3 is 9.84 Å². The zero-order valence-electron chi connectivity index (χ0n) is 11.2. The summed E-state index contributed by atoms with van der Waals surface area (Å²) in [6, 6.07) is 0. The molecule has 1 atom stereocenters. The van der Waals surface area contributed by atoms with Crippen LogP contribution in [0.25, 0.3) is 0 Å². The number of carbonyl (C=O) groups is 1. The monoisotopic (exact) mass is 302 g/mol. The Bertz CT molecular complexity index is 515. The first-order valence-corrected chi connectivity index (χ1v) is 7.42. The summed E-state index contributed by atoms with van der Waals surface area (Å²) in [5.74, 6) is -1.07. The number of morpholine rings is 1. The molecule has 1 saturated heterocycles. The van der Waals surface area contributed by atoms with Crippen LogP contribution in [0, 0.1) is 0 Å². The van der Waals surface area contributed by atoms with Crippen LogP contribution in [-0.4, -0.2) is 68.8 Å². The van der Waals surface area contributed by atoms with E-state index in [9.17, 15) is 9.59 Å². The molecule has 1 aliphatic heterocycles. The van der Waals surface area contributed by atoms with Crippen LogP contribution in [0.5, 0.6) is 0 Å². The van der Waals surface area contributed by atoms with E-state index in [-0.39, 0.29) is 17.5 Å². The van der Waals surface area contributed by atoms with Crippen LogP contribution in [-0.2, 0) is 16.1 Å². The molecule has 0 aliphatic carbocycles. The fourth-order valence-electron chi connectivity index (χ4n) is 2.08. The SMILES string of the molecule is CCN1CCOC(Cn2c(SCC(=O)O)n[nH]c2=O)C1. The van der Waals surface area contributed by atoms with E-state index in [1.807, 2.05) is 0 Å². The van der Waals surface area contributed by atoms with Crippen molar-refractivity contribution >= 4 is 17.7 Å². The average molecular weight is 302 g/mol. The lowest BCUT2D eigenvalue weighted by Gasteiger charge is -2.32. The Morgan fingerprint density at radius 3 is 3.15 bits per heavy atom. The van der Waals surface area contributed by atoms with Crippen molar-refractivity contribution in [2.24, 2.45) is 0 Å². The quantitative estimate of drug-likeness (QED) is 0.681. The molecular formula is C11H18N4O4S. The minimum Gasteiger partial charge on any atom is -0.481 e. The van der Waals surface area contributed by atoms with Gasteiger partial charge in [0.25, 0.3) is 0 Å². The van der Waals surface area contributed by atoms with Crippen LogP contribution in [0.1, 0.15) is 6.92 Å². The van der Waals surface area contributed by atoms with Crippen molar-refractivity contribution in [3.05, 3.63) is 10.5 Å². The number of nitrogens with zero attached hydrogens (tertiary/aromatic N) is 3. The van der Waals surface area contributed by atoms with Crippen LogP contribution >= 0.6 is 11.8 Å². The summed E-state index contributed by atoms with van der Waals surface area (Å²) >= 11 is 1.02. The van der Waals surface area contributed by atoms with Crippen molar-refractivity contribution in [2.45, 2.75) is 24.7 Å². The molecule has 2 heterocycles. The van der Waals surface area contributed by atoms with Gasteiger partial charge in [-0.2, -0.15) is 0 Å². The van der Waals surface area contributed by atoms with Gasteiger partial charge in [0.15, 0.2) is 5.16 Å². The molecule has 0 radical (unpaired) electrons. The highest BCUT2D eigenvalue weighted by molar-refractivity contribution is 7.99. The number of aromatic amines is 1. The number of likely N-dealkylation sites (N-methyl/N-ethyl adjacent to an activating group) is 1. The number of thioether (sulfide) groups is 1. The fourth-order valence-corrected chi connectivity index (χ4v) is 2.76. The fraction of sp³-hybridized carbons (Fsp3) is 0.727. The molecule has 1 aromatic heterocycles. The number of nitrogens with one attached hydrogen (secondary N) is 1. The Morgan fingerprint density at radius 2 is 2.45 bits per heavy atom. The predicted molar refractivity (Wildman–Crippen MR) is 73.1 cm³/mol. The first kappa shape index (κ1) is 15.1. The van der Waals surface area contributed by atoms with E-state index in [2.05, 4.69) is 22.0 Å². The highest BCUT2D eigenvalue weighted by Gasteiger charge is 2.22. The lowest BCUT2D eigenvalue weighted by molar-refractivity contribution is -0.133. The van der Waals surface area contributed by atoms with Gasteiger partial charge in [0.1, 0.15) is 0 Å². The summed E-state index contributed by atoms with van der Waals surface area (Å²) in [4.78, 5) is 24.6. The van der Waals surface area contributed by atoms with E-state index >= 15 is 0 Å². The van der Waals surface area contributed by atoms with Crippen molar-refractivity contribution in [1.29, 1.82) is 0 Å². The second kappa shape index (κ2) is 6.91. The maximum absolute atomic E-state index is 11.7. The van der Waals surface area contributed by atoms with Crippen molar-refractivity contribution in [1.82, 2.24) is 19.7 Å². The van der Waals surface area contributed by atoms with Gasteiger partial charge in [-0.3, -0.25) is 14.3 Å². The van der Waals surface area contributed by atoms with E-state index in [1.54, 1.807) is 0 Å². The minimum absolute atomic E-state index is 0.0804. The van der Waals surface area contributed by atoms with Crippen LogP contribution in [0.4, 0.5) is 0 Å². The summed E-state index contributed by atoms with van der Waals surface area (Å²) < 4.78 is 7.09. The predicted octanol–water partition coefficient (Wildman–Crippen LogP) is -0.531. The number of aliphatic carboxylic acids is 1. The van der Waals surface area contributed by atoms with Crippen molar-refractivity contribution in [3.63, 3.8) is 0 Å². The van der Waals surface area contributed by atoms with E-state index in [4.69, 9.17) is 9.84 Å². The molecule has 1 unspecified atom stereocenters. The average Bonchev–Trinajstić information content (AvgIpc) is 2.78. The van der Waals surface area contributed by atoms with E-state index in [0.717, 1.165) is 31.4 Å². The Kier molecular flexibility index (Phi) is 5.21. The van der Waals surface area contributed by atoms with Crippen LogP contribution in [0.3, 0.4) is 0 Å². The van der Waals surface area contributed by atoms with Gasteiger partial charge in [-0.25, -0.2) is 9.89 Å². The lowest BCUT2D eigenvalue weighted by atomic mass is 10.2. The maximum Gasteiger partial charge on any atom is 0.344 e. The van der Waals surface area contributed by atoms with Gasteiger partial charge in [0, 0.05) is 13.1 Å². The number of aromatic nitrogens is 3. The molecule has 20 heavy (non-hydrogen) atoms. The van der Waals surface area contributed by atoms with Crippen LogP contribution in [0.15, 0.2) is 9.95 Å². The normalized spacial score (nSPS) is 20.1.